The average molecular weight is 398 g/mol. The zero-order valence-electron chi connectivity index (χ0n) is 15.3. The lowest BCUT2D eigenvalue weighted by atomic mass is 10.2. The van der Waals surface area contributed by atoms with Gasteiger partial charge in [0.05, 0.1) is 0 Å². The summed E-state index contributed by atoms with van der Waals surface area (Å²) in [5.41, 5.74) is 1.41. The van der Waals surface area contributed by atoms with Crippen LogP contribution in [0.1, 0.15) is 16.2 Å². The minimum absolute atomic E-state index is 0.0864. The Morgan fingerprint density at radius 1 is 0.931 bits per heavy atom. The molecule has 0 radical (unpaired) electrons. The number of carbonyl (C=O) groups excluding carboxylic acids is 1. The maximum Gasteiger partial charge on any atom is 0.274 e. The number of nitrogens with one attached hydrogen (secondary N) is 2. The number of amides is 1. The van der Waals surface area contributed by atoms with Crippen molar-refractivity contribution in [3.63, 3.8) is 0 Å². The maximum atomic E-state index is 13.4. The summed E-state index contributed by atoms with van der Waals surface area (Å²) in [6.07, 6.45) is 0. The maximum absolute atomic E-state index is 13.4. The molecule has 9 heteroatoms. The molecule has 0 unspecified atom stereocenters. The van der Waals surface area contributed by atoms with Crippen molar-refractivity contribution in [3.8, 4) is 11.5 Å². The minimum Gasteiger partial charge on any atom is -0.486 e. The van der Waals surface area contributed by atoms with Crippen molar-refractivity contribution in [1.82, 2.24) is 9.97 Å². The Kier molecular flexibility index (Phi) is 4.94. The number of rotatable bonds is 4. The monoisotopic (exact) mass is 398 g/mol. The number of aromatic nitrogens is 2. The van der Waals surface area contributed by atoms with Gasteiger partial charge in [-0.2, -0.15) is 0 Å². The largest absolute Gasteiger partial charge is 0.486 e. The molecule has 0 bridgehead atoms. The van der Waals surface area contributed by atoms with E-state index in [-0.39, 0.29) is 17.3 Å². The standard InChI is InChI=1S/C20H16F2N4O3/c1-11-8-16(26-20(23-11)25-12-2-4-14(21)15(22)9-12)19(27)24-13-3-5-17-18(10-13)29-7-6-28-17/h2-5,8-10H,6-7H2,1H3,(H,24,27)(H,23,25,26). The normalized spacial score (nSPS) is 12.4. The van der Waals surface area contributed by atoms with Crippen LogP contribution in [0.4, 0.5) is 26.1 Å². The third-order valence-corrected chi connectivity index (χ3v) is 4.06. The predicted molar refractivity (Wildman–Crippen MR) is 102 cm³/mol. The second-order valence-electron chi connectivity index (χ2n) is 6.28. The number of aryl methyl sites for hydroxylation is 1. The summed E-state index contributed by atoms with van der Waals surface area (Å²) in [4.78, 5) is 21.0. The third-order valence-electron chi connectivity index (χ3n) is 4.06. The van der Waals surface area contributed by atoms with Crippen molar-refractivity contribution in [2.24, 2.45) is 0 Å². The Hall–Kier alpha value is -3.75. The van der Waals surface area contributed by atoms with Crippen molar-refractivity contribution in [2.45, 2.75) is 6.92 Å². The van der Waals surface area contributed by atoms with Crippen LogP contribution in [0.25, 0.3) is 0 Å². The topological polar surface area (TPSA) is 85.4 Å². The second-order valence-corrected chi connectivity index (χ2v) is 6.28. The fourth-order valence-corrected chi connectivity index (χ4v) is 2.76. The highest BCUT2D eigenvalue weighted by atomic mass is 19.2. The number of nitrogens with zero attached hydrogens (tertiary/aromatic N) is 2. The smallest absolute Gasteiger partial charge is 0.274 e. The second kappa shape index (κ2) is 7.70. The van der Waals surface area contributed by atoms with E-state index in [0.717, 1.165) is 12.1 Å². The van der Waals surface area contributed by atoms with Gasteiger partial charge in [-0.15, -0.1) is 0 Å². The number of hydrogen-bond acceptors (Lipinski definition) is 6. The van der Waals surface area contributed by atoms with Crippen LogP contribution in [0.2, 0.25) is 0 Å². The SMILES string of the molecule is Cc1cc(C(=O)Nc2ccc3c(c2)OCCO3)nc(Nc2ccc(F)c(F)c2)n1. The number of carbonyl (C=O) groups is 1. The van der Waals surface area contributed by atoms with Crippen LogP contribution in [0.15, 0.2) is 42.5 Å². The first-order chi connectivity index (χ1) is 14.0. The van der Waals surface area contributed by atoms with Crippen molar-refractivity contribution in [2.75, 3.05) is 23.8 Å². The fourth-order valence-electron chi connectivity index (χ4n) is 2.76. The number of halogens is 2. The highest BCUT2D eigenvalue weighted by molar-refractivity contribution is 6.03. The van der Waals surface area contributed by atoms with E-state index in [1.54, 1.807) is 25.1 Å². The molecular weight excluding hydrogens is 382 g/mol. The van der Waals surface area contributed by atoms with Crippen LogP contribution >= 0.6 is 0 Å². The Morgan fingerprint density at radius 3 is 2.48 bits per heavy atom. The van der Waals surface area contributed by atoms with Gasteiger partial charge in [0, 0.05) is 29.2 Å². The average Bonchev–Trinajstić information content (AvgIpc) is 2.70. The molecule has 29 heavy (non-hydrogen) atoms. The summed E-state index contributed by atoms with van der Waals surface area (Å²) in [7, 11) is 0. The Bertz CT molecular complexity index is 1090. The molecule has 4 rings (SSSR count). The number of hydrogen-bond donors (Lipinski definition) is 2. The summed E-state index contributed by atoms with van der Waals surface area (Å²) in [5.74, 6) is -1.16. The van der Waals surface area contributed by atoms with Crippen LogP contribution in [0, 0.1) is 18.6 Å². The van der Waals surface area contributed by atoms with Crippen LogP contribution < -0.4 is 20.1 Å². The van der Waals surface area contributed by atoms with E-state index < -0.39 is 17.5 Å². The van der Waals surface area contributed by atoms with Gasteiger partial charge in [0.2, 0.25) is 5.95 Å². The van der Waals surface area contributed by atoms with E-state index in [1.807, 2.05) is 0 Å². The molecular formula is C20H16F2N4O3. The van der Waals surface area contributed by atoms with Crippen LogP contribution in [-0.4, -0.2) is 29.1 Å². The summed E-state index contributed by atoms with van der Waals surface area (Å²) >= 11 is 0. The molecule has 148 valence electrons. The van der Waals surface area contributed by atoms with Crippen LogP contribution in [0.3, 0.4) is 0 Å². The van der Waals surface area contributed by atoms with Gasteiger partial charge in [-0.25, -0.2) is 18.7 Å². The highest BCUT2D eigenvalue weighted by Crippen LogP contribution is 2.32. The van der Waals surface area contributed by atoms with Crippen molar-refractivity contribution in [1.29, 1.82) is 0 Å². The van der Waals surface area contributed by atoms with Gasteiger partial charge in [0.25, 0.3) is 5.91 Å². The van der Waals surface area contributed by atoms with Gasteiger partial charge in [-0.1, -0.05) is 0 Å². The lowest BCUT2D eigenvalue weighted by Gasteiger charge is -2.19. The molecule has 0 saturated carbocycles. The summed E-state index contributed by atoms with van der Waals surface area (Å²) < 4.78 is 37.4. The van der Waals surface area contributed by atoms with Gasteiger partial charge >= 0.3 is 0 Å². The van der Waals surface area contributed by atoms with Crippen molar-refractivity contribution in [3.05, 3.63) is 65.5 Å². The molecule has 1 aromatic heterocycles. The quantitative estimate of drug-likeness (QED) is 0.695. The number of benzene rings is 2. The van der Waals surface area contributed by atoms with Gasteiger partial charge < -0.3 is 20.1 Å². The van der Waals surface area contributed by atoms with E-state index in [1.165, 1.54) is 12.1 Å². The summed E-state index contributed by atoms with van der Waals surface area (Å²) in [6, 6.07) is 9.91. The zero-order valence-corrected chi connectivity index (χ0v) is 15.3. The van der Waals surface area contributed by atoms with Crippen molar-refractivity contribution < 1.29 is 23.0 Å². The van der Waals surface area contributed by atoms with Gasteiger partial charge in [-0.05, 0) is 37.3 Å². The molecule has 2 heterocycles. The lowest BCUT2D eigenvalue weighted by molar-refractivity contribution is 0.102. The molecule has 0 saturated heterocycles. The molecule has 1 amide bonds. The van der Waals surface area contributed by atoms with Crippen LogP contribution in [0.5, 0.6) is 11.5 Å². The minimum atomic E-state index is -1.00. The fraction of sp³-hybridized carbons (Fsp3) is 0.150. The molecule has 0 spiro atoms. The van der Waals surface area contributed by atoms with Gasteiger partial charge in [0.15, 0.2) is 23.1 Å². The van der Waals surface area contributed by atoms with Gasteiger partial charge in [0.1, 0.15) is 18.9 Å². The first-order valence-corrected chi connectivity index (χ1v) is 8.77. The molecule has 1 aliphatic heterocycles. The van der Waals surface area contributed by atoms with Crippen LogP contribution in [-0.2, 0) is 0 Å². The highest BCUT2D eigenvalue weighted by Gasteiger charge is 2.15. The van der Waals surface area contributed by atoms with Gasteiger partial charge in [-0.3, -0.25) is 4.79 Å². The Labute approximate surface area is 164 Å². The molecule has 1 aliphatic rings. The van der Waals surface area contributed by atoms with Crippen molar-refractivity contribution >= 4 is 23.2 Å². The molecule has 0 fully saturated rings. The van der Waals surface area contributed by atoms with E-state index >= 15 is 0 Å². The Balaban J connectivity index is 1.53. The number of ether oxygens (including phenoxy) is 2. The number of anilines is 3. The third kappa shape index (κ3) is 4.23. The first-order valence-electron chi connectivity index (χ1n) is 8.77. The zero-order chi connectivity index (χ0) is 20.4. The Morgan fingerprint density at radius 2 is 1.69 bits per heavy atom. The van der Waals surface area contributed by atoms with E-state index in [9.17, 15) is 13.6 Å². The summed E-state index contributed by atoms with van der Waals surface area (Å²) in [6.45, 7) is 2.61. The molecule has 0 atom stereocenters. The van der Waals surface area contributed by atoms with E-state index in [4.69, 9.17) is 9.47 Å². The first kappa shape index (κ1) is 18.6. The van der Waals surface area contributed by atoms with E-state index in [2.05, 4.69) is 20.6 Å². The predicted octanol–water partition coefficient (Wildman–Crippen LogP) is 3.83. The lowest BCUT2D eigenvalue weighted by Crippen LogP contribution is -2.17. The molecule has 2 aromatic carbocycles. The van der Waals surface area contributed by atoms with E-state index in [0.29, 0.717) is 36.1 Å². The number of fused-ring (bicyclic) bond motifs is 1. The molecule has 2 N–H and O–H groups in total. The molecule has 0 aliphatic carbocycles. The summed E-state index contributed by atoms with van der Waals surface area (Å²) in [5, 5.41) is 5.51. The molecule has 3 aromatic rings. The molecule has 7 nitrogen and oxygen atoms in total.